The molecule has 24 heavy (non-hydrogen) atoms. The van der Waals surface area contributed by atoms with Crippen LogP contribution in [0.1, 0.15) is 35.1 Å². The summed E-state index contributed by atoms with van der Waals surface area (Å²) < 4.78 is 3.16. The summed E-state index contributed by atoms with van der Waals surface area (Å²) in [6.07, 6.45) is 0.972. The van der Waals surface area contributed by atoms with Crippen molar-refractivity contribution in [3.05, 3.63) is 51.8 Å². The van der Waals surface area contributed by atoms with E-state index < -0.39 is 0 Å². The van der Waals surface area contributed by atoms with Crippen LogP contribution in [0.2, 0.25) is 0 Å². The van der Waals surface area contributed by atoms with Gasteiger partial charge in [-0.15, -0.1) is 0 Å². The Morgan fingerprint density at radius 2 is 2.08 bits per heavy atom. The molecule has 1 aliphatic heterocycles. The summed E-state index contributed by atoms with van der Waals surface area (Å²) in [7, 11) is 0. The van der Waals surface area contributed by atoms with Gasteiger partial charge in [0, 0.05) is 34.6 Å². The molecule has 1 fully saturated rings. The summed E-state index contributed by atoms with van der Waals surface area (Å²) >= 11 is 3.52. The van der Waals surface area contributed by atoms with Gasteiger partial charge in [-0.3, -0.25) is 4.79 Å². The van der Waals surface area contributed by atoms with Crippen molar-refractivity contribution in [2.24, 2.45) is 11.1 Å². The number of aromatic nitrogens is 1. The minimum Gasteiger partial charge on any atom is -0.338 e. The van der Waals surface area contributed by atoms with Crippen LogP contribution in [0, 0.1) is 19.3 Å². The van der Waals surface area contributed by atoms with Crippen molar-refractivity contribution < 1.29 is 4.79 Å². The van der Waals surface area contributed by atoms with E-state index in [2.05, 4.69) is 39.6 Å². The maximum Gasteiger partial charge on any atom is 0.255 e. The molecule has 5 heteroatoms. The van der Waals surface area contributed by atoms with E-state index in [0.717, 1.165) is 46.6 Å². The maximum atomic E-state index is 13.0. The Hall–Kier alpha value is -1.59. The second-order valence-electron chi connectivity index (χ2n) is 7.09. The summed E-state index contributed by atoms with van der Waals surface area (Å²) in [6, 6.07) is 10.1. The molecular formula is C19H24BrN3O. The number of benzene rings is 1. The number of amides is 1. The van der Waals surface area contributed by atoms with Gasteiger partial charge in [0.2, 0.25) is 0 Å². The minimum atomic E-state index is 0.0471. The number of aryl methyl sites for hydroxylation is 1. The Labute approximate surface area is 151 Å². The van der Waals surface area contributed by atoms with Gasteiger partial charge >= 0.3 is 0 Å². The highest BCUT2D eigenvalue weighted by atomic mass is 79.9. The number of nitrogens with two attached hydrogens (primary N) is 1. The predicted molar refractivity (Wildman–Crippen MR) is 101 cm³/mol. The molecule has 1 unspecified atom stereocenters. The fraction of sp³-hybridized carbons (Fsp3) is 0.421. The zero-order chi connectivity index (χ0) is 17.5. The number of nitrogens with zero attached hydrogens (tertiary/aromatic N) is 2. The Morgan fingerprint density at radius 3 is 2.71 bits per heavy atom. The van der Waals surface area contributed by atoms with E-state index in [-0.39, 0.29) is 11.3 Å². The highest BCUT2D eigenvalue weighted by Crippen LogP contribution is 2.31. The number of hydrogen-bond acceptors (Lipinski definition) is 2. The minimum absolute atomic E-state index is 0.0471. The van der Waals surface area contributed by atoms with Crippen LogP contribution < -0.4 is 5.73 Å². The van der Waals surface area contributed by atoms with Gasteiger partial charge in [0.05, 0.1) is 5.56 Å². The molecule has 128 valence electrons. The summed E-state index contributed by atoms with van der Waals surface area (Å²) in [5, 5.41) is 0. The topological polar surface area (TPSA) is 51.3 Å². The van der Waals surface area contributed by atoms with Crippen molar-refractivity contribution in [2.75, 3.05) is 19.6 Å². The lowest BCUT2D eigenvalue weighted by Gasteiger charge is -2.22. The first-order chi connectivity index (χ1) is 11.3. The molecule has 0 radical (unpaired) electrons. The molecule has 4 nitrogen and oxygen atoms in total. The van der Waals surface area contributed by atoms with Crippen molar-refractivity contribution >= 4 is 21.8 Å². The number of halogens is 1. The fourth-order valence-electron chi connectivity index (χ4n) is 3.53. The molecule has 1 saturated heterocycles. The molecule has 3 rings (SSSR count). The standard InChI is InChI=1S/C19H24BrN3O/c1-13-9-17(18(24)22-8-7-19(3,11-21)12-22)14(2)23(13)16-6-4-5-15(20)10-16/h4-6,9-10H,7-8,11-12,21H2,1-3H3. The monoisotopic (exact) mass is 389 g/mol. The van der Waals surface area contributed by atoms with Crippen molar-refractivity contribution in [1.29, 1.82) is 0 Å². The summed E-state index contributed by atoms with van der Waals surface area (Å²) in [6.45, 7) is 8.35. The van der Waals surface area contributed by atoms with Crippen LogP contribution in [0.15, 0.2) is 34.8 Å². The zero-order valence-corrected chi connectivity index (χ0v) is 16.1. The average molecular weight is 390 g/mol. The number of carbonyl (C=O) groups is 1. The number of likely N-dealkylation sites (tertiary alicyclic amines) is 1. The van der Waals surface area contributed by atoms with E-state index in [9.17, 15) is 4.79 Å². The maximum absolute atomic E-state index is 13.0. The molecule has 1 amide bonds. The lowest BCUT2D eigenvalue weighted by molar-refractivity contribution is 0.0776. The van der Waals surface area contributed by atoms with Crippen LogP contribution in [0.4, 0.5) is 0 Å². The Morgan fingerprint density at radius 1 is 1.33 bits per heavy atom. The molecule has 1 aromatic carbocycles. The van der Waals surface area contributed by atoms with Gasteiger partial charge in [-0.25, -0.2) is 0 Å². The molecule has 2 heterocycles. The lowest BCUT2D eigenvalue weighted by Crippen LogP contribution is -2.34. The third-order valence-corrected chi connectivity index (χ3v) is 5.56. The van der Waals surface area contributed by atoms with Crippen LogP contribution in [0.3, 0.4) is 0 Å². The molecule has 0 spiro atoms. The fourth-order valence-corrected chi connectivity index (χ4v) is 3.91. The quantitative estimate of drug-likeness (QED) is 0.870. The van der Waals surface area contributed by atoms with Gasteiger partial charge in [0.1, 0.15) is 0 Å². The molecule has 1 aromatic heterocycles. The van der Waals surface area contributed by atoms with E-state index in [1.165, 1.54) is 0 Å². The van der Waals surface area contributed by atoms with Crippen LogP contribution in [0.5, 0.6) is 0 Å². The highest BCUT2D eigenvalue weighted by molar-refractivity contribution is 9.10. The van der Waals surface area contributed by atoms with Gasteiger partial charge in [-0.05, 0) is 56.5 Å². The Bertz CT molecular complexity index is 783. The van der Waals surface area contributed by atoms with Crippen LogP contribution in [-0.4, -0.2) is 35.0 Å². The third-order valence-electron chi connectivity index (χ3n) is 5.07. The van der Waals surface area contributed by atoms with Gasteiger partial charge in [0.25, 0.3) is 5.91 Å². The Balaban J connectivity index is 1.93. The SMILES string of the molecule is Cc1cc(C(=O)N2CCC(C)(CN)C2)c(C)n1-c1cccc(Br)c1. The molecule has 0 aliphatic carbocycles. The van der Waals surface area contributed by atoms with Crippen molar-refractivity contribution in [3.63, 3.8) is 0 Å². The second kappa shape index (κ2) is 6.37. The summed E-state index contributed by atoms with van der Waals surface area (Å²) in [5.41, 5.74) is 9.81. The first-order valence-electron chi connectivity index (χ1n) is 8.29. The van der Waals surface area contributed by atoms with Gasteiger partial charge in [0.15, 0.2) is 0 Å². The van der Waals surface area contributed by atoms with Crippen LogP contribution >= 0.6 is 15.9 Å². The lowest BCUT2D eigenvalue weighted by atomic mass is 9.90. The smallest absolute Gasteiger partial charge is 0.255 e. The predicted octanol–water partition coefficient (Wildman–Crippen LogP) is 3.67. The molecule has 2 aromatic rings. The van der Waals surface area contributed by atoms with E-state index in [0.29, 0.717) is 6.54 Å². The molecule has 0 saturated carbocycles. The molecule has 1 atom stereocenters. The normalized spacial score (nSPS) is 20.6. The van der Waals surface area contributed by atoms with Crippen LogP contribution in [-0.2, 0) is 0 Å². The van der Waals surface area contributed by atoms with E-state index in [1.807, 2.05) is 36.9 Å². The van der Waals surface area contributed by atoms with Crippen molar-refractivity contribution in [2.45, 2.75) is 27.2 Å². The van der Waals surface area contributed by atoms with E-state index in [4.69, 9.17) is 5.73 Å². The van der Waals surface area contributed by atoms with E-state index >= 15 is 0 Å². The molecule has 2 N–H and O–H groups in total. The largest absolute Gasteiger partial charge is 0.338 e. The van der Waals surface area contributed by atoms with Gasteiger partial charge in [-0.2, -0.15) is 0 Å². The Kier molecular flexibility index (Phi) is 4.58. The number of hydrogen-bond donors (Lipinski definition) is 1. The van der Waals surface area contributed by atoms with Crippen LogP contribution in [0.25, 0.3) is 5.69 Å². The number of rotatable bonds is 3. The zero-order valence-electron chi connectivity index (χ0n) is 14.5. The highest BCUT2D eigenvalue weighted by Gasteiger charge is 2.36. The molecule has 1 aliphatic rings. The third kappa shape index (κ3) is 3.03. The van der Waals surface area contributed by atoms with E-state index in [1.54, 1.807) is 0 Å². The van der Waals surface area contributed by atoms with Crippen molar-refractivity contribution in [1.82, 2.24) is 9.47 Å². The first-order valence-corrected chi connectivity index (χ1v) is 9.08. The average Bonchev–Trinajstić information content (AvgIpc) is 3.08. The number of carbonyl (C=O) groups excluding carboxylic acids is 1. The first kappa shape index (κ1) is 17.2. The summed E-state index contributed by atoms with van der Waals surface area (Å²) in [4.78, 5) is 14.9. The van der Waals surface area contributed by atoms with Gasteiger partial charge < -0.3 is 15.2 Å². The molecule has 0 bridgehead atoms. The van der Waals surface area contributed by atoms with Gasteiger partial charge in [-0.1, -0.05) is 28.9 Å². The molecular weight excluding hydrogens is 366 g/mol. The summed E-state index contributed by atoms with van der Waals surface area (Å²) in [5.74, 6) is 0.113. The van der Waals surface area contributed by atoms with Crippen molar-refractivity contribution in [3.8, 4) is 5.69 Å². The second-order valence-corrected chi connectivity index (χ2v) is 8.01.